The van der Waals surface area contributed by atoms with E-state index in [1.165, 1.54) is 11.1 Å². The Morgan fingerprint density at radius 3 is 2.68 bits per heavy atom. The lowest BCUT2D eigenvalue weighted by Gasteiger charge is -2.22. The third kappa shape index (κ3) is 12.7. The number of unbranched alkanes of at least 4 members (excludes halogenated alkanes) is 1. The van der Waals surface area contributed by atoms with Crippen molar-refractivity contribution in [2.45, 2.75) is 96.4 Å². The molecule has 0 saturated carbocycles. The van der Waals surface area contributed by atoms with E-state index >= 15 is 0 Å². The number of alkyl carbamates (subject to hydrolysis) is 1. The van der Waals surface area contributed by atoms with Gasteiger partial charge in [0.25, 0.3) is 5.91 Å². The first-order valence-corrected chi connectivity index (χ1v) is 17.7. The van der Waals surface area contributed by atoms with E-state index in [1.807, 2.05) is 0 Å². The second-order valence-corrected chi connectivity index (χ2v) is 13.7. The number of nitrogens with zero attached hydrogens (tertiary/aromatic N) is 6. The van der Waals surface area contributed by atoms with Gasteiger partial charge in [-0.2, -0.15) is 5.26 Å². The third-order valence-electron chi connectivity index (χ3n) is 8.31. The number of amides is 4. The van der Waals surface area contributed by atoms with Crippen molar-refractivity contribution in [3.05, 3.63) is 47.9 Å². The van der Waals surface area contributed by atoms with Gasteiger partial charge < -0.3 is 35.4 Å². The maximum absolute atomic E-state index is 13.0. The van der Waals surface area contributed by atoms with Gasteiger partial charge in [-0.05, 0) is 83.6 Å². The Morgan fingerprint density at radius 1 is 1.11 bits per heavy atom. The molecule has 2 aromatic heterocycles. The molecule has 3 heterocycles. The van der Waals surface area contributed by atoms with Gasteiger partial charge in [-0.1, -0.05) is 5.21 Å². The summed E-state index contributed by atoms with van der Waals surface area (Å²) in [5.41, 5.74) is 0.860. The number of pyridine rings is 1. The molecule has 284 valence electrons. The molecular formula is C36H47N9O8. The van der Waals surface area contributed by atoms with E-state index in [2.05, 4.69) is 37.3 Å². The maximum atomic E-state index is 13.0. The zero-order valence-corrected chi connectivity index (χ0v) is 30.3. The minimum atomic E-state index is -1.13. The van der Waals surface area contributed by atoms with E-state index in [-0.39, 0.29) is 31.2 Å². The Labute approximate surface area is 307 Å². The number of aromatic nitrogens is 4. The van der Waals surface area contributed by atoms with Gasteiger partial charge in [0.15, 0.2) is 0 Å². The van der Waals surface area contributed by atoms with E-state index in [4.69, 9.17) is 9.47 Å². The number of hydrogen-bond acceptors (Lipinski definition) is 11. The average Bonchev–Trinajstić information content (AvgIpc) is 3.79. The highest BCUT2D eigenvalue weighted by atomic mass is 16.6. The van der Waals surface area contributed by atoms with Crippen LogP contribution in [0.1, 0.15) is 81.8 Å². The largest absolute Gasteiger partial charge is 0.494 e. The van der Waals surface area contributed by atoms with Crippen molar-refractivity contribution in [1.29, 1.82) is 5.26 Å². The number of nitrogens with one attached hydrogen (secondary N) is 3. The molecule has 0 bridgehead atoms. The van der Waals surface area contributed by atoms with Crippen LogP contribution in [0.25, 0.3) is 10.9 Å². The zero-order valence-electron chi connectivity index (χ0n) is 30.3. The first-order valence-electron chi connectivity index (χ1n) is 17.7. The lowest BCUT2D eigenvalue weighted by molar-refractivity contribution is -0.139. The first-order chi connectivity index (χ1) is 25.3. The first kappa shape index (κ1) is 40.0. The summed E-state index contributed by atoms with van der Waals surface area (Å²) in [5, 5.41) is 35.3. The third-order valence-corrected chi connectivity index (χ3v) is 8.31. The predicted molar refractivity (Wildman–Crippen MR) is 191 cm³/mol. The summed E-state index contributed by atoms with van der Waals surface area (Å²) in [5.74, 6) is -1.48. The van der Waals surface area contributed by atoms with Crippen LogP contribution in [0.2, 0.25) is 0 Å². The normalized spacial score (nSPS) is 14.6. The second kappa shape index (κ2) is 19.2. The molecule has 4 amide bonds. The lowest BCUT2D eigenvalue weighted by Crippen LogP contribution is -2.43. The molecule has 1 fully saturated rings. The highest BCUT2D eigenvalue weighted by molar-refractivity contribution is 6.07. The highest BCUT2D eigenvalue weighted by Gasteiger charge is 2.29. The summed E-state index contributed by atoms with van der Waals surface area (Å²) < 4.78 is 12.7. The summed E-state index contributed by atoms with van der Waals surface area (Å²) in [6, 6.07) is 7.39. The van der Waals surface area contributed by atoms with Crippen LogP contribution in [0.5, 0.6) is 5.75 Å². The summed E-state index contributed by atoms with van der Waals surface area (Å²) in [4.78, 5) is 67.3. The molecule has 1 aliphatic heterocycles. The van der Waals surface area contributed by atoms with Crippen molar-refractivity contribution in [1.82, 2.24) is 40.8 Å². The van der Waals surface area contributed by atoms with E-state index < -0.39 is 35.7 Å². The monoisotopic (exact) mass is 733 g/mol. The Bertz CT molecular complexity index is 1800. The number of rotatable bonds is 18. The Hall–Kier alpha value is -5.79. The van der Waals surface area contributed by atoms with Crippen molar-refractivity contribution in [3.8, 4) is 11.8 Å². The van der Waals surface area contributed by atoms with Gasteiger partial charge in [0.2, 0.25) is 11.8 Å². The second-order valence-electron chi connectivity index (χ2n) is 13.7. The number of ether oxygens (including phenoxy) is 2. The minimum Gasteiger partial charge on any atom is -0.494 e. The van der Waals surface area contributed by atoms with Crippen molar-refractivity contribution in [2.24, 2.45) is 0 Å². The van der Waals surface area contributed by atoms with Gasteiger partial charge in [0.1, 0.15) is 23.4 Å². The SMILES string of the molecule is CC(C)(C)OC(=O)NC(CCCCn1cc(CCC(=O)NCCCOc2ccc3nccc(C(=O)NCC(=O)N4CCC[C@H]4C#N)c3c2)nn1)C(=O)O. The minimum absolute atomic E-state index is 0.143. The molecule has 0 aliphatic carbocycles. The van der Waals surface area contributed by atoms with Gasteiger partial charge in [-0.25, -0.2) is 9.59 Å². The summed E-state index contributed by atoms with van der Waals surface area (Å²) in [6.45, 7) is 6.61. The van der Waals surface area contributed by atoms with Crippen LogP contribution in [0.15, 0.2) is 36.7 Å². The van der Waals surface area contributed by atoms with Crippen molar-refractivity contribution in [2.75, 3.05) is 26.2 Å². The number of likely N-dealkylation sites (tertiary alicyclic amines) is 1. The molecule has 1 saturated heterocycles. The number of carboxylic acid groups (broad SMARTS) is 1. The summed E-state index contributed by atoms with van der Waals surface area (Å²) in [7, 11) is 0. The number of carbonyl (C=O) groups is 5. The molecule has 1 unspecified atom stereocenters. The maximum Gasteiger partial charge on any atom is 0.408 e. The molecule has 17 nitrogen and oxygen atoms in total. The molecule has 1 aromatic carbocycles. The van der Waals surface area contributed by atoms with Crippen LogP contribution in [0, 0.1) is 11.3 Å². The fourth-order valence-corrected chi connectivity index (χ4v) is 5.68. The fraction of sp³-hybridized carbons (Fsp3) is 0.528. The van der Waals surface area contributed by atoms with Crippen LogP contribution in [0.4, 0.5) is 4.79 Å². The molecule has 53 heavy (non-hydrogen) atoms. The quantitative estimate of drug-likeness (QED) is 0.138. The van der Waals surface area contributed by atoms with Gasteiger partial charge in [-0.15, -0.1) is 5.10 Å². The molecule has 2 atom stereocenters. The fourth-order valence-electron chi connectivity index (χ4n) is 5.68. The molecule has 0 radical (unpaired) electrons. The van der Waals surface area contributed by atoms with E-state index in [1.54, 1.807) is 55.9 Å². The Morgan fingerprint density at radius 2 is 1.92 bits per heavy atom. The van der Waals surface area contributed by atoms with Gasteiger partial charge in [0, 0.05) is 50.3 Å². The molecule has 17 heteroatoms. The van der Waals surface area contributed by atoms with E-state index in [9.17, 15) is 34.3 Å². The number of carboxylic acids is 1. The average molecular weight is 734 g/mol. The van der Waals surface area contributed by atoms with Gasteiger partial charge >= 0.3 is 12.1 Å². The molecule has 4 N–H and O–H groups in total. The van der Waals surface area contributed by atoms with Crippen LogP contribution < -0.4 is 20.7 Å². The summed E-state index contributed by atoms with van der Waals surface area (Å²) >= 11 is 0. The Kier molecular flexibility index (Phi) is 14.5. The molecule has 0 spiro atoms. The molecular weight excluding hydrogens is 686 g/mol. The molecule has 1 aliphatic rings. The molecule has 3 aromatic rings. The molecule has 4 rings (SSSR count). The number of benzene rings is 1. The Balaban J connectivity index is 1.12. The van der Waals surface area contributed by atoms with Crippen LogP contribution in [0.3, 0.4) is 0 Å². The van der Waals surface area contributed by atoms with Gasteiger partial charge in [-0.3, -0.25) is 24.0 Å². The number of fused-ring (bicyclic) bond motifs is 1. The highest BCUT2D eigenvalue weighted by Crippen LogP contribution is 2.23. The van der Waals surface area contributed by atoms with Crippen LogP contribution >= 0.6 is 0 Å². The van der Waals surface area contributed by atoms with Crippen LogP contribution in [-0.4, -0.2) is 104 Å². The van der Waals surface area contributed by atoms with Crippen LogP contribution in [-0.2, 0) is 32.1 Å². The zero-order chi connectivity index (χ0) is 38.4. The predicted octanol–water partition coefficient (Wildman–Crippen LogP) is 2.74. The van der Waals surface area contributed by atoms with Crippen molar-refractivity contribution in [3.63, 3.8) is 0 Å². The lowest BCUT2D eigenvalue weighted by atomic mass is 10.1. The number of hydrogen-bond donors (Lipinski definition) is 4. The number of aryl methyl sites for hydroxylation is 2. The number of aliphatic carboxylic acids is 1. The van der Waals surface area contributed by atoms with Crippen molar-refractivity contribution >= 4 is 40.7 Å². The number of carbonyl (C=O) groups excluding carboxylic acids is 4. The van der Waals surface area contributed by atoms with E-state index in [0.717, 1.165) is 6.42 Å². The van der Waals surface area contributed by atoms with Crippen molar-refractivity contribution < 1.29 is 38.6 Å². The standard InChI is InChI=1S/C36H47N9O8/c1-36(2,3)53-35(51)41-30(34(49)50)9-4-5-17-44-23-24(42-43-44)10-13-31(46)39-15-7-19-52-26-11-12-29-28(20-26)27(14-16-38-29)33(48)40-22-32(47)45-18-6-8-25(45)21-37/h11-12,14,16,20,23,25,30H,4-10,13,15,17-19,22H2,1-3H3,(H,39,46)(H,40,48)(H,41,51)(H,49,50)/t25-,30?/m0/s1. The topological polar surface area (TPSA) is 231 Å². The smallest absolute Gasteiger partial charge is 0.408 e. The number of nitriles is 1. The van der Waals surface area contributed by atoms with Gasteiger partial charge in [0.05, 0.1) is 36.0 Å². The summed E-state index contributed by atoms with van der Waals surface area (Å²) in [6.07, 6.45) is 6.43. The van der Waals surface area contributed by atoms with E-state index in [0.29, 0.717) is 86.3 Å².